The second-order valence-corrected chi connectivity index (χ2v) is 7.13. The van der Waals surface area contributed by atoms with Gasteiger partial charge in [0.25, 0.3) is 5.91 Å². The van der Waals surface area contributed by atoms with Gasteiger partial charge in [0, 0.05) is 29.7 Å². The maximum Gasteiger partial charge on any atom is 0.270 e. The molecule has 2 aromatic rings. The van der Waals surface area contributed by atoms with Crippen LogP contribution in [0.2, 0.25) is 0 Å². The van der Waals surface area contributed by atoms with Crippen molar-refractivity contribution in [1.29, 1.82) is 0 Å². The van der Waals surface area contributed by atoms with Gasteiger partial charge in [0.15, 0.2) is 0 Å². The average molecular weight is 285 g/mol. The third kappa shape index (κ3) is 2.62. The molecule has 0 aliphatic carbocycles. The Bertz CT molecular complexity index is 681. The van der Waals surface area contributed by atoms with Gasteiger partial charge in [-0.25, -0.2) is 0 Å². The van der Waals surface area contributed by atoms with Gasteiger partial charge in [-0.1, -0.05) is 20.8 Å². The molecular weight excluding hydrogens is 262 g/mol. The van der Waals surface area contributed by atoms with Crippen molar-refractivity contribution >= 4 is 22.5 Å². The summed E-state index contributed by atoms with van der Waals surface area (Å²) in [6.07, 6.45) is 1.09. The fourth-order valence-corrected chi connectivity index (χ4v) is 3.09. The van der Waals surface area contributed by atoms with Gasteiger partial charge in [0.05, 0.1) is 0 Å². The van der Waals surface area contributed by atoms with Gasteiger partial charge >= 0.3 is 0 Å². The SMILES string of the molecule is CC(C)(C)C1CCN(C(=O)c2cc3cc(N)ccc3[nH]2)C1. The lowest BCUT2D eigenvalue weighted by atomic mass is 9.80. The van der Waals surface area contributed by atoms with Crippen LogP contribution in [0.3, 0.4) is 0 Å². The number of rotatable bonds is 1. The molecule has 4 heteroatoms. The summed E-state index contributed by atoms with van der Waals surface area (Å²) in [6.45, 7) is 8.43. The smallest absolute Gasteiger partial charge is 0.270 e. The number of carbonyl (C=O) groups is 1. The molecule has 0 saturated carbocycles. The van der Waals surface area contributed by atoms with Crippen LogP contribution in [0.4, 0.5) is 5.69 Å². The number of aromatic nitrogens is 1. The number of amides is 1. The minimum absolute atomic E-state index is 0.0940. The lowest BCUT2D eigenvalue weighted by Gasteiger charge is -2.26. The molecule has 112 valence electrons. The molecule has 1 aliphatic rings. The lowest BCUT2D eigenvalue weighted by Crippen LogP contribution is -2.31. The first-order valence-corrected chi connectivity index (χ1v) is 7.52. The first-order chi connectivity index (χ1) is 9.84. The molecule has 2 heterocycles. The van der Waals surface area contributed by atoms with Crippen LogP contribution < -0.4 is 5.73 Å². The van der Waals surface area contributed by atoms with Crippen LogP contribution in [0.1, 0.15) is 37.7 Å². The normalized spacial score (nSPS) is 19.4. The number of carbonyl (C=O) groups excluding carboxylic acids is 1. The second kappa shape index (κ2) is 4.79. The van der Waals surface area contributed by atoms with Gasteiger partial charge in [0.2, 0.25) is 0 Å². The molecule has 1 fully saturated rings. The van der Waals surface area contributed by atoms with Gasteiger partial charge in [-0.05, 0) is 42.0 Å². The predicted molar refractivity (Wildman–Crippen MR) is 86.2 cm³/mol. The van der Waals surface area contributed by atoms with Crippen molar-refractivity contribution in [3.05, 3.63) is 30.0 Å². The number of hydrogen-bond acceptors (Lipinski definition) is 2. The van der Waals surface area contributed by atoms with E-state index in [0.29, 0.717) is 11.6 Å². The van der Waals surface area contributed by atoms with Crippen molar-refractivity contribution in [3.63, 3.8) is 0 Å². The zero-order valence-electron chi connectivity index (χ0n) is 12.9. The zero-order valence-corrected chi connectivity index (χ0v) is 12.9. The highest BCUT2D eigenvalue weighted by molar-refractivity contribution is 5.98. The molecule has 1 atom stereocenters. The third-order valence-corrected chi connectivity index (χ3v) is 4.58. The van der Waals surface area contributed by atoms with E-state index in [9.17, 15) is 4.79 Å². The highest BCUT2D eigenvalue weighted by Gasteiger charge is 2.34. The van der Waals surface area contributed by atoms with Crippen molar-refractivity contribution in [2.24, 2.45) is 11.3 Å². The van der Waals surface area contributed by atoms with Gasteiger partial charge in [-0.3, -0.25) is 4.79 Å². The maximum absolute atomic E-state index is 12.6. The van der Waals surface area contributed by atoms with Crippen LogP contribution in [0.15, 0.2) is 24.3 Å². The summed E-state index contributed by atoms with van der Waals surface area (Å²) < 4.78 is 0. The fraction of sp³-hybridized carbons (Fsp3) is 0.471. The molecule has 3 rings (SSSR count). The van der Waals surface area contributed by atoms with E-state index < -0.39 is 0 Å². The number of nitrogens with two attached hydrogens (primary N) is 1. The van der Waals surface area contributed by atoms with E-state index in [4.69, 9.17) is 5.73 Å². The number of nitrogens with one attached hydrogen (secondary N) is 1. The van der Waals surface area contributed by atoms with Crippen molar-refractivity contribution < 1.29 is 4.79 Å². The monoisotopic (exact) mass is 285 g/mol. The summed E-state index contributed by atoms with van der Waals surface area (Å²) in [5.74, 6) is 0.665. The number of fused-ring (bicyclic) bond motifs is 1. The summed E-state index contributed by atoms with van der Waals surface area (Å²) in [6, 6.07) is 7.56. The second-order valence-electron chi connectivity index (χ2n) is 7.13. The molecule has 3 N–H and O–H groups in total. The summed E-state index contributed by atoms with van der Waals surface area (Å²) >= 11 is 0. The Morgan fingerprint density at radius 1 is 1.33 bits per heavy atom. The Morgan fingerprint density at radius 2 is 2.10 bits per heavy atom. The Kier molecular flexibility index (Phi) is 3.19. The molecule has 4 nitrogen and oxygen atoms in total. The van der Waals surface area contributed by atoms with Crippen molar-refractivity contribution in [1.82, 2.24) is 9.88 Å². The van der Waals surface area contributed by atoms with Gasteiger partial charge in [0.1, 0.15) is 5.69 Å². The molecule has 0 radical (unpaired) electrons. The van der Waals surface area contributed by atoms with Crippen LogP contribution >= 0.6 is 0 Å². The Hall–Kier alpha value is -1.97. The number of nitrogen functional groups attached to an aromatic ring is 1. The zero-order chi connectivity index (χ0) is 15.2. The molecule has 1 saturated heterocycles. The van der Waals surface area contributed by atoms with Crippen LogP contribution in [-0.2, 0) is 0 Å². The van der Waals surface area contributed by atoms with E-state index in [1.807, 2.05) is 29.2 Å². The molecule has 1 aromatic carbocycles. The van der Waals surface area contributed by atoms with E-state index in [-0.39, 0.29) is 11.3 Å². The summed E-state index contributed by atoms with van der Waals surface area (Å²) in [5.41, 5.74) is 8.37. The number of anilines is 1. The molecule has 1 amide bonds. The number of aromatic amines is 1. The van der Waals surface area contributed by atoms with Gasteiger partial charge < -0.3 is 15.6 Å². The van der Waals surface area contributed by atoms with Crippen LogP contribution in [0, 0.1) is 11.3 Å². The largest absolute Gasteiger partial charge is 0.399 e. The Balaban J connectivity index is 1.81. The van der Waals surface area contributed by atoms with Crippen molar-refractivity contribution in [2.45, 2.75) is 27.2 Å². The van der Waals surface area contributed by atoms with E-state index in [1.54, 1.807) is 0 Å². The van der Waals surface area contributed by atoms with Crippen LogP contribution in [-0.4, -0.2) is 28.9 Å². The lowest BCUT2D eigenvalue weighted by molar-refractivity contribution is 0.0771. The molecule has 1 aromatic heterocycles. The minimum Gasteiger partial charge on any atom is -0.399 e. The van der Waals surface area contributed by atoms with Gasteiger partial charge in [-0.15, -0.1) is 0 Å². The quantitative estimate of drug-likeness (QED) is 0.790. The van der Waals surface area contributed by atoms with Crippen LogP contribution in [0.25, 0.3) is 10.9 Å². The summed E-state index contributed by atoms with van der Waals surface area (Å²) in [5, 5.41) is 0.991. The number of likely N-dealkylation sites (tertiary alicyclic amines) is 1. The fourth-order valence-electron chi connectivity index (χ4n) is 3.09. The average Bonchev–Trinajstić information content (AvgIpc) is 3.03. The summed E-state index contributed by atoms with van der Waals surface area (Å²) in [7, 11) is 0. The van der Waals surface area contributed by atoms with E-state index in [0.717, 1.165) is 36.1 Å². The molecule has 21 heavy (non-hydrogen) atoms. The van der Waals surface area contributed by atoms with E-state index in [2.05, 4.69) is 25.8 Å². The highest BCUT2D eigenvalue weighted by atomic mass is 16.2. The number of benzene rings is 1. The maximum atomic E-state index is 12.6. The Labute approximate surface area is 125 Å². The van der Waals surface area contributed by atoms with Crippen molar-refractivity contribution in [3.8, 4) is 0 Å². The number of H-pyrrole nitrogens is 1. The van der Waals surface area contributed by atoms with E-state index in [1.165, 1.54) is 0 Å². The van der Waals surface area contributed by atoms with Crippen molar-refractivity contribution in [2.75, 3.05) is 18.8 Å². The number of nitrogens with zero attached hydrogens (tertiary/aromatic N) is 1. The first-order valence-electron chi connectivity index (χ1n) is 7.52. The standard InChI is InChI=1S/C17H23N3O/c1-17(2,3)12-6-7-20(10-12)16(21)15-9-11-8-13(18)4-5-14(11)19-15/h4-5,8-9,12,19H,6-7,10,18H2,1-3H3. The predicted octanol–water partition coefficient (Wildman–Crippen LogP) is 3.26. The molecule has 0 bridgehead atoms. The Morgan fingerprint density at radius 3 is 2.76 bits per heavy atom. The van der Waals surface area contributed by atoms with Gasteiger partial charge in [-0.2, -0.15) is 0 Å². The molecule has 1 unspecified atom stereocenters. The van der Waals surface area contributed by atoms with Crippen LogP contribution in [0.5, 0.6) is 0 Å². The molecular formula is C17H23N3O. The third-order valence-electron chi connectivity index (χ3n) is 4.58. The summed E-state index contributed by atoms with van der Waals surface area (Å²) in [4.78, 5) is 17.8. The number of hydrogen-bond donors (Lipinski definition) is 2. The minimum atomic E-state index is 0.0940. The topological polar surface area (TPSA) is 62.1 Å². The van der Waals surface area contributed by atoms with E-state index >= 15 is 0 Å². The first kappa shape index (κ1) is 14.0. The highest BCUT2D eigenvalue weighted by Crippen LogP contribution is 2.34. The molecule has 1 aliphatic heterocycles. The molecule has 0 spiro atoms.